The van der Waals surface area contributed by atoms with Crippen LogP contribution in [0.3, 0.4) is 0 Å². The summed E-state index contributed by atoms with van der Waals surface area (Å²) in [4.78, 5) is 25.0. The number of carbonyl (C=O) groups excluding carboxylic acids is 2. The Hall–Kier alpha value is -0.0936. The van der Waals surface area contributed by atoms with E-state index >= 15 is 0 Å². The van der Waals surface area contributed by atoms with E-state index in [1.165, 1.54) is 0 Å². The molecule has 2 rings (SSSR count). The topological polar surface area (TPSA) is 91.8 Å². The molecule has 6 nitrogen and oxygen atoms in total. The first-order valence-electron chi connectivity index (χ1n) is 5.80. The molecule has 0 saturated carbocycles. The smallest absolute Gasteiger partial charge is 1.00 e. The van der Waals surface area contributed by atoms with Crippen LogP contribution in [0, 0.1) is 0 Å². The van der Waals surface area contributed by atoms with Gasteiger partial charge >= 0.3 is 51.4 Å². The molecule has 0 spiro atoms. The number of hydrogen-bond donors (Lipinski definition) is 1. The van der Waals surface area contributed by atoms with Crippen LogP contribution in [0.15, 0.2) is 24.3 Å². The third-order valence-corrected chi connectivity index (χ3v) is 3.72. The first kappa shape index (κ1) is 18.0. The summed E-state index contributed by atoms with van der Waals surface area (Å²) in [5.74, 6) is -1.07. The summed E-state index contributed by atoms with van der Waals surface area (Å²) < 4.78 is 29.7. The van der Waals surface area contributed by atoms with E-state index in [1.54, 1.807) is 24.3 Å². The van der Waals surface area contributed by atoms with Crippen molar-refractivity contribution in [3.63, 3.8) is 0 Å². The second-order valence-corrected chi connectivity index (χ2v) is 5.87. The van der Waals surface area contributed by atoms with Gasteiger partial charge in [0.15, 0.2) is 0 Å². The Kier molecular flexibility index (Phi) is 6.51. The first-order chi connectivity index (χ1) is 8.90. The van der Waals surface area contributed by atoms with E-state index in [-0.39, 0.29) is 83.3 Å². The number of amides is 2. The Morgan fingerprint density at radius 3 is 2.00 bits per heavy atom. The van der Waals surface area contributed by atoms with Crippen LogP contribution >= 0.6 is 0 Å². The first-order valence-corrected chi connectivity index (χ1v) is 7.41. The summed E-state index contributed by atoms with van der Waals surface area (Å²) >= 11 is 0. The van der Waals surface area contributed by atoms with Crippen molar-refractivity contribution in [1.82, 2.24) is 4.90 Å². The molecule has 0 aliphatic carbocycles. The summed E-state index contributed by atoms with van der Waals surface area (Å²) in [6.45, 7) is 0.155. The molecule has 1 aromatic rings. The van der Waals surface area contributed by atoms with E-state index in [4.69, 9.17) is 4.55 Å². The van der Waals surface area contributed by atoms with Crippen molar-refractivity contribution < 1.29 is 75.4 Å². The van der Waals surface area contributed by atoms with Crippen LogP contribution in [0.1, 0.15) is 35.0 Å². The maximum Gasteiger partial charge on any atom is 1.00 e. The summed E-state index contributed by atoms with van der Waals surface area (Å²) in [5.41, 5.74) is 0.754. The third kappa shape index (κ3) is 4.20. The van der Waals surface area contributed by atoms with Gasteiger partial charge in [0, 0.05) is 6.54 Å². The molecule has 20 heavy (non-hydrogen) atoms. The van der Waals surface area contributed by atoms with E-state index < -0.39 is 10.1 Å². The van der Waals surface area contributed by atoms with Crippen LogP contribution in [0.4, 0.5) is 0 Å². The van der Waals surface area contributed by atoms with Crippen molar-refractivity contribution >= 4 is 21.9 Å². The van der Waals surface area contributed by atoms with E-state index in [0.29, 0.717) is 17.5 Å². The van der Waals surface area contributed by atoms with Gasteiger partial charge in [-0.3, -0.25) is 19.0 Å². The molecule has 1 aliphatic heterocycles. The fourth-order valence-corrected chi connectivity index (χ4v) is 2.57. The fourth-order valence-electron chi connectivity index (χ4n) is 2.00. The van der Waals surface area contributed by atoms with Gasteiger partial charge in [-0.15, -0.1) is 0 Å². The zero-order valence-electron chi connectivity index (χ0n) is 12.1. The van der Waals surface area contributed by atoms with E-state index in [9.17, 15) is 18.0 Å². The maximum absolute atomic E-state index is 11.9. The van der Waals surface area contributed by atoms with Crippen LogP contribution in [0.25, 0.3) is 0 Å². The van der Waals surface area contributed by atoms with Crippen LogP contribution in [0.2, 0.25) is 0 Å². The minimum atomic E-state index is -3.99. The third-order valence-electron chi connectivity index (χ3n) is 2.91. The van der Waals surface area contributed by atoms with E-state index in [2.05, 4.69) is 0 Å². The quantitative estimate of drug-likeness (QED) is 0.295. The number of carbonyl (C=O) groups is 2. The Labute approximate surface area is 161 Å². The monoisotopic (exact) mass is 323 g/mol. The van der Waals surface area contributed by atoms with Crippen LogP contribution in [-0.4, -0.2) is 42.0 Å². The standard InChI is InChI=1S/C12H13NO5S.K.H/c14-11-9-5-1-2-6-10(9)12(15)13(11)7-3-4-8-19(16,17)18;;/h1-2,5-6H,3-4,7-8H2,(H,16,17,18);;/q;+1;-1. The molecule has 104 valence electrons. The van der Waals surface area contributed by atoms with E-state index in [0.717, 1.165) is 4.90 Å². The molecule has 0 atom stereocenters. The van der Waals surface area contributed by atoms with Crippen molar-refractivity contribution in [3.05, 3.63) is 35.4 Å². The van der Waals surface area contributed by atoms with Crippen LogP contribution < -0.4 is 51.4 Å². The van der Waals surface area contributed by atoms with Crippen molar-refractivity contribution in [1.29, 1.82) is 0 Å². The summed E-state index contributed by atoms with van der Waals surface area (Å²) in [5, 5.41) is 0. The zero-order valence-corrected chi connectivity index (χ0v) is 15.0. The fraction of sp³-hybridized carbons (Fsp3) is 0.333. The van der Waals surface area contributed by atoms with Gasteiger partial charge < -0.3 is 1.43 Å². The Balaban J connectivity index is 0.00000200. The van der Waals surface area contributed by atoms with Gasteiger partial charge in [-0.05, 0) is 25.0 Å². The number of fused-ring (bicyclic) bond motifs is 1. The minimum Gasteiger partial charge on any atom is -1.00 e. The molecular formula is C12H14KNO5S. The molecule has 1 aliphatic rings. The number of imide groups is 1. The Bertz CT molecular complexity index is 599. The Morgan fingerprint density at radius 1 is 1.05 bits per heavy atom. The second-order valence-electron chi connectivity index (χ2n) is 4.30. The molecule has 0 unspecified atom stereocenters. The zero-order chi connectivity index (χ0) is 14.0. The number of unbranched alkanes of at least 4 members (excludes halogenated alkanes) is 1. The largest absolute Gasteiger partial charge is 1.00 e. The van der Waals surface area contributed by atoms with Gasteiger partial charge in [-0.2, -0.15) is 8.42 Å². The molecule has 1 N–H and O–H groups in total. The van der Waals surface area contributed by atoms with Gasteiger partial charge in [-0.25, -0.2) is 0 Å². The number of benzene rings is 1. The summed E-state index contributed by atoms with van der Waals surface area (Å²) in [6.07, 6.45) is 0.539. The van der Waals surface area contributed by atoms with E-state index in [1.807, 2.05) is 0 Å². The molecule has 8 heteroatoms. The van der Waals surface area contributed by atoms with Crippen molar-refractivity contribution in [2.45, 2.75) is 12.8 Å². The molecule has 0 bridgehead atoms. The number of rotatable bonds is 5. The normalized spacial score (nSPS) is 14.2. The predicted molar refractivity (Wildman–Crippen MR) is 68.6 cm³/mol. The predicted octanol–water partition coefficient (Wildman–Crippen LogP) is -1.93. The van der Waals surface area contributed by atoms with Crippen molar-refractivity contribution in [2.24, 2.45) is 0 Å². The minimum absolute atomic E-state index is 0. The van der Waals surface area contributed by atoms with Crippen LogP contribution in [-0.2, 0) is 10.1 Å². The van der Waals surface area contributed by atoms with Gasteiger partial charge in [0.25, 0.3) is 21.9 Å². The number of nitrogens with zero attached hydrogens (tertiary/aromatic N) is 1. The van der Waals surface area contributed by atoms with Crippen molar-refractivity contribution in [3.8, 4) is 0 Å². The molecule has 0 aromatic heterocycles. The van der Waals surface area contributed by atoms with Gasteiger partial charge in [0.1, 0.15) is 0 Å². The van der Waals surface area contributed by atoms with Gasteiger partial charge in [-0.1, -0.05) is 12.1 Å². The molecular weight excluding hydrogens is 309 g/mol. The number of hydrogen-bond acceptors (Lipinski definition) is 4. The molecule has 1 heterocycles. The summed E-state index contributed by atoms with van der Waals surface area (Å²) in [7, 11) is -3.99. The SMILES string of the molecule is O=C1c2ccccc2C(=O)N1CCCCS(=O)(=O)O.[H-].[K+]. The molecule has 0 saturated heterocycles. The van der Waals surface area contributed by atoms with Crippen molar-refractivity contribution in [2.75, 3.05) is 12.3 Å². The molecule has 0 radical (unpaired) electrons. The van der Waals surface area contributed by atoms with Crippen LogP contribution in [0.5, 0.6) is 0 Å². The van der Waals surface area contributed by atoms with Gasteiger partial charge in [0.2, 0.25) is 0 Å². The average Bonchev–Trinajstić information content (AvgIpc) is 2.58. The Morgan fingerprint density at radius 2 is 1.55 bits per heavy atom. The maximum atomic E-state index is 11.9. The molecule has 2 amide bonds. The average molecular weight is 323 g/mol. The molecule has 1 aromatic carbocycles. The molecule has 0 fully saturated rings. The van der Waals surface area contributed by atoms with Gasteiger partial charge in [0.05, 0.1) is 16.9 Å². The second kappa shape index (κ2) is 7.25. The summed E-state index contributed by atoms with van der Waals surface area (Å²) in [6, 6.07) is 6.55.